The van der Waals surface area contributed by atoms with Gasteiger partial charge in [0.15, 0.2) is 0 Å². The zero-order valence-electron chi connectivity index (χ0n) is 6.86. The van der Waals surface area contributed by atoms with Gasteiger partial charge >= 0.3 is 0 Å². The summed E-state index contributed by atoms with van der Waals surface area (Å²) in [6.07, 6.45) is 0. The second-order valence-electron chi connectivity index (χ2n) is 3.09. The maximum atomic E-state index is 9.06. The lowest BCUT2D eigenvalue weighted by molar-refractivity contribution is 0.0722. The Balaban J connectivity index is 2.37. The van der Waals surface area contributed by atoms with Crippen LogP contribution in [-0.4, -0.2) is 18.3 Å². The smallest absolute Gasteiger partial charge is 0.0719 e. The van der Waals surface area contributed by atoms with Crippen molar-refractivity contribution in [3.8, 4) is 0 Å². The summed E-state index contributed by atoms with van der Waals surface area (Å²) in [5.41, 5.74) is 2.45. The second kappa shape index (κ2) is 3.25. The molecule has 0 fully saturated rings. The van der Waals surface area contributed by atoms with Crippen molar-refractivity contribution in [3.05, 3.63) is 35.4 Å². The number of fused-ring (bicyclic) bond motifs is 1. The van der Waals surface area contributed by atoms with Gasteiger partial charge in [-0.25, -0.2) is 0 Å². The summed E-state index contributed by atoms with van der Waals surface area (Å²) in [6.45, 7) is 1.51. The minimum Gasteiger partial charge on any atom is -0.396 e. The van der Waals surface area contributed by atoms with E-state index in [1.165, 1.54) is 11.1 Å². The first kappa shape index (κ1) is 7.77. The van der Waals surface area contributed by atoms with Crippen molar-refractivity contribution in [2.24, 2.45) is 0 Å². The van der Waals surface area contributed by atoms with Gasteiger partial charge in [0.05, 0.1) is 19.8 Å². The minimum absolute atomic E-state index is 0.176. The van der Waals surface area contributed by atoms with Gasteiger partial charge in [0.25, 0.3) is 0 Å². The minimum atomic E-state index is 0.176. The summed E-state index contributed by atoms with van der Waals surface area (Å²) < 4.78 is 5.34. The van der Waals surface area contributed by atoms with Gasteiger partial charge in [-0.3, -0.25) is 0 Å². The second-order valence-corrected chi connectivity index (χ2v) is 3.09. The average molecular weight is 164 g/mol. The zero-order chi connectivity index (χ0) is 8.39. The van der Waals surface area contributed by atoms with Crippen LogP contribution in [0.25, 0.3) is 0 Å². The first-order valence-electron chi connectivity index (χ1n) is 4.18. The van der Waals surface area contributed by atoms with E-state index >= 15 is 0 Å². The first-order chi connectivity index (χ1) is 5.92. The molecule has 2 nitrogen and oxygen atoms in total. The Kier molecular flexibility index (Phi) is 2.11. The van der Waals surface area contributed by atoms with Crippen molar-refractivity contribution in [2.75, 3.05) is 13.2 Å². The molecule has 0 aromatic heterocycles. The Morgan fingerprint density at radius 3 is 3.08 bits per heavy atom. The molecular formula is C10H12O2. The van der Waals surface area contributed by atoms with E-state index in [1.807, 2.05) is 12.1 Å². The Morgan fingerprint density at radius 1 is 1.42 bits per heavy atom. The molecule has 0 radical (unpaired) electrons. The average Bonchev–Trinajstić information content (AvgIpc) is 2.17. The standard InChI is InChI=1S/C10H12O2/c11-5-9-7-12-6-8-3-1-2-4-10(8)9/h1-4,9,11H,5-7H2. The molecule has 1 heterocycles. The molecule has 1 atom stereocenters. The summed E-state index contributed by atoms with van der Waals surface area (Å²) in [5.74, 6) is 0.176. The van der Waals surface area contributed by atoms with Crippen molar-refractivity contribution >= 4 is 0 Å². The number of hydrogen-bond donors (Lipinski definition) is 1. The summed E-state index contributed by atoms with van der Waals surface area (Å²) in [7, 11) is 0. The van der Waals surface area contributed by atoms with Crippen LogP contribution in [0.4, 0.5) is 0 Å². The van der Waals surface area contributed by atoms with Crippen molar-refractivity contribution in [3.63, 3.8) is 0 Å². The van der Waals surface area contributed by atoms with E-state index in [2.05, 4.69) is 12.1 Å². The molecule has 2 heteroatoms. The van der Waals surface area contributed by atoms with Gasteiger partial charge in [-0.1, -0.05) is 24.3 Å². The van der Waals surface area contributed by atoms with E-state index in [-0.39, 0.29) is 12.5 Å². The van der Waals surface area contributed by atoms with Gasteiger partial charge in [0.1, 0.15) is 0 Å². The van der Waals surface area contributed by atoms with Crippen LogP contribution < -0.4 is 0 Å². The summed E-state index contributed by atoms with van der Waals surface area (Å²) in [5, 5.41) is 9.06. The lowest BCUT2D eigenvalue weighted by Crippen LogP contribution is -2.19. The van der Waals surface area contributed by atoms with Crippen molar-refractivity contribution in [1.29, 1.82) is 0 Å². The monoisotopic (exact) mass is 164 g/mol. The van der Waals surface area contributed by atoms with Crippen LogP contribution in [-0.2, 0) is 11.3 Å². The van der Waals surface area contributed by atoms with Crippen LogP contribution in [0.1, 0.15) is 17.0 Å². The maximum absolute atomic E-state index is 9.06. The van der Waals surface area contributed by atoms with E-state index in [0.717, 1.165) is 0 Å². The predicted octanol–water partition coefficient (Wildman–Crippen LogP) is 1.29. The van der Waals surface area contributed by atoms with Crippen LogP contribution in [0.15, 0.2) is 24.3 Å². The SMILES string of the molecule is OCC1COCc2ccccc21. The van der Waals surface area contributed by atoms with Crippen LogP contribution in [0.2, 0.25) is 0 Å². The molecule has 2 rings (SSSR count). The van der Waals surface area contributed by atoms with Gasteiger partial charge < -0.3 is 9.84 Å². The van der Waals surface area contributed by atoms with Gasteiger partial charge in [-0.05, 0) is 11.1 Å². The molecule has 0 saturated carbocycles. The molecule has 0 amide bonds. The molecule has 1 unspecified atom stereocenters. The van der Waals surface area contributed by atoms with Gasteiger partial charge in [-0.15, -0.1) is 0 Å². The molecule has 1 aromatic carbocycles. The highest BCUT2D eigenvalue weighted by molar-refractivity contribution is 5.31. The van der Waals surface area contributed by atoms with E-state index in [0.29, 0.717) is 13.2 Å². The van der Waals surface area contributed by atoms with Gasteiger partial charge in [-0.2, -0.15) is 0 Å². The molecule has 12 heavy (non-hydrogen) atoms. The maximum Gasteiger partial charge on any atom is 0.0719 e. The Morgan fingerprint density at radius 2 is 2.25 bits per heavy atom. The molecule has 0 bridgehead atoms. The van der Waals surface area contributed by atoms with Crippen LogP contribution in [0, 0.1) is 0 Å². The number of aliphatic hydroxyl groups is 1. The molecule has 1 aliphatic rings. The number of rotatable bonds is 1. The molecule has 1 aliphatic heterocycles. The number of ether oxygens (including phenoxy) is 1. The van der Waals surface area contributed by atoms with Crippen LogP contribution in [0.5, 0.6) is 0 Å². The summed E-state index contributed by atoms with van der Waals surface area (Å²) in [6, 6.07) is 8.13. The zero-order valence-corrected chi connectivity index (χ0v) is 6.86. The third-order valence-corrected chi connectivity index (χ3v) is 2.29. The van der Waals surface area contributed by atoms with Gasteiger partial charge in [0.2, 0.25) is 0 Å². The molecule has 0 aliphatic carbocycles. The fraction of sp³-hybridized carbons (Fsp3) is 0.400. The molecule has 1 N–H and O–H groups in total. The van der Waals surface area contributed by atoms with Crippen LogP contribution >= 0.6 is 0 Å². The highest BCUT2D eigenvalue weighted by atomic mass is 16.5. The molecule has 0 spiro atoms. The Labute approximate surface area is 71.8 Å². The van der Waals surface area contributed by atoms with E-state index < -0.39 is 0 Å². The van der Waals surface area contributed by atoms with E-state index in [9.17, 15) is 0 Å². The fourth-order valence-electron chi connectivity index (χ4n) is 1.62. The highest BCUT2D eigenvalue weighted by Crippen LogP contribution is 2.25. The molecule has 0 saturated heterocycles. The first-order valence-corrected chi connectivity index (χ1v) is 4.18. The summed E-state index contributed by atoms with van der Waals surface area (Å²) >= 11 is 0. The van der Waals surface area contributed by atoms with Crippen molar-refractivity contribution < 1.29 is 9.84 Å². The lowest BCUT2D eigenvalue weighted by atomic mass is 9.94. The normalized spacial score (nSPS) is 21.9. The van der Waals surface area contributed by atoms with Crippen molar-refractivity contribution in [2.45, 2.75) is 12.5 Å². The van der Waals surface area contributed by atoms with E-state index in [4.69, 9.17) is 9.84 Å². The number of hydrogen-bond acceptors (Lipinski definition) is 2. The third-order valence-electron chi connectivity index (χ3n) is 2.29. The lowest BCUT2D eigenvalue weighted by Gasteiger charge is -2.23. The number of aliphatic hydroxyl groups excluding tert-OH is 1. The quantitative estimate of drug-likeness (QED) is 0.677. The Bertz CT molecular complexity index is 270. The predicted molar refractivity (Wildman–Crippen MR) is 45.9 cm³/mol. The van der Waals surface area contributed by atoms with Gasteiger partial charge in [0, 0.05) is 5.92 Å². The molecular weight excluding hydrogens is 152 g/mol. The third kappa shape index (κ3) is 1.24. The molecule has 1 aromatic rings. The fourth-order valence-corrected chi connectivity index (χ4v) is 1.62. The van der Waals surface area contributed by atoms with Crippen molar-refractivity contribution in [1.82, 2.24) is 0 Å². The summed E-state index contributed by atoms with van der Waals surface area (Å²) in [4.78, 5) is 0. The highest BCUT2D eigenvalue weighted by Gasteiger charge is 2.18. The van der Waals surface area contributed by atoms with Crippen LogP contribution in [0.3, 0.4) is 0 Å². The topological polar surface area (TPSA) is 29.5 Å². The number of benzene rings is 1. The largest absolute Gasteiger partial charge is 0.396 e. The molecule has 64 valence electrons. The Hall–Kier alpha value is -0.860. The van der Waals surface area contributed by atoms with E-state index in [1.54, 1.807) is 0 Å².